The maximum Gasteiger partial charge on any atom is 0.274 e. The predicted molar refractivity (Wildman–Crippen MR) is 59.8 cm³/mol. The molecule has 0 amide bonds. The lowest BCUT2D eigenvalue weighted by Gasteiger charge is -2.11. The van der Waals surface area contributed by atoms with Crippen LogP contribution in [0.25, 0.3) is 5.78 Å². The number of hydrogen-bond donors (Lipinski definition) is 1. The van der Waals surface area contributed by atoms with Crippen molar-refractivity contribution < 1.29 is 0 Å². The quantitative estimate of drug-likeness (QED) is 0.750. The number of aromatic amines is 1. The molecule has 1 fully saturated rings. The molecule has 0 spiro atoms. The molecule has 1 aliphatic rings. The summed E-state index contributed by atoms with van der Waals surface area (Å²) in [6.07, 6.45) is 2.36. The van der Waals surface area contributed by atoms with Crippen molar-refractivity contribution in [3.8, 4) is 0 Å². The van der Waals surface area contributed by atoms with Gasteiger partial charge in [0.25, 0.3) is 11.3 Å². The third-order valence-electron chi connectivity index (χ3n) is 2.85. The number of hydrogen-bond acceptors (Lipinski definition) is 4. The average Bonchev–Trinajstić information content (AvgIpc) is 2.82. The second-order valence-electron chi connectivity index (χ2n) is 4.11. The molecule has 16 heavy (non-hydrogen) atoms. The number of H-pyrrole nitrogens is 1. The Kier molecular flexibility index (Phi) is 1.95. The second kappa shape index (κ2) is 3.33. The monoisotopic (exact) mass is 219 g/mol. The van der Waals surface area contributed by atoms with Crippen molar-refractivity contribution in [1.82, 2.24) is 19.6 Å². The first-order valence-electron chi connectivity index (χ1n) is 5.45. The van der Waals surface area contributed by atoms with E-state index in [-0.39, 0.29) is 5.56 Å². The second-order valence-corrected chi connectivity index (χ2v) is 4.11. The lowest BCUT2D eigenvalue weighted by Crippen LogP contribution is -2.20. The van der Waals surface area contributed by atoms with Crippen LogP contribution in [0.3, 0.4) is 0 Å². The highest BCUT2D eigenvalue weighted by atomic mass is 16.1. The zero-order chi connectivity index (χ0) is 11.1. The third-order valence-corrected chi connectivity index (χ3v) is 2.85. The van der Waals surface area contributed by atoms with Gasteiger partial charge in [0.1, 0.15) is 0 Å². The molecule has 3 rings (SSSR count). The van der Waals surface area contributed by atoms with Crippen LogP contribution < -0.4 is 10.5 Å². The number of anilines is 1. The standard InChI is InChI=1S/C10H13N5O/c1-7-6-8(16)15-9(11-7)12-10(13-15)14-4-2-3-5-14/h6H,2-5H2,1H3,(H,11,12,13). The minimum Gasteiger partial charge on any atom is -0.341 e. The molecule has 0 aromatic carbocycles. The summed E-state index contributed by atoms with van der Waals surface area (Å²) >= 11 is 0. The van der Waals surface area contributed by atoms with Gasteiger partial charge >= 0.3 is 0 Å². The Morgan fingerprint density at radius 3 is 2.81 bits per heavy atom. The first kappa shape index (κ1) is 9.38. The number of nitrogens with one attached hydrogen (secondary N) is 1. The van der Waals surface area contributed by atoms with Gasteiger partial charge < -0.3 is 4.90 Å². The van der Waals surface area contributed by atoms with Crippen molar-refractivity contribution >= 4 is 11.7 Å². The van der Waals surface area contributed by atoms with Crippen molar-refractivity contribution in [2.24, 2.45) is 0 Å². The van der Waals surface area contributed by atoms with Crippen LogP contribution in [0.2, 0.25) is 0 Å². The summed E-state index contributed by atoms with van der Waals surface area (Å²) in [6, 6.07) is 1.50. The predicted octanol–water partition coefficient (Wildman–Crippen LogP) is 0.326. The third kappa shape index (κ3) is 1.37. The fraction of sp³-hybridized carbons (Fsp3) is 0.500. The average molecular weight is 219 g/mol. The molecule has 0 bridgehead atoms. The van der Waals surface area contributed by atoms with E-state index in [4.69, 9.17) is 0 Å². The largest absolute Gasteiger partial charge is 0.341 e. The van der Waals surface area contributed by atoms with Gasteiger partial charge in [-0.15, -0.1) is 0 Å². The SMILES string of the molecule is Cc1cc(=O)n2[nH]c(N3CCCC3)nc2n1. The number of nitrogens with zero attached hydrogens (tertiary/aromatic N) is 4. The smallest absolute Gasteiger partial charge is 0.274 e. The molecule has 84 valence electrons. The van der Waals surface area contributed by atoms with Crippen LogP contribution in [0, 0.1) is 6.92 Å². The Hall–Kier alpha value is -1.85. The Balaban J connectivity index is 2.15. The molecule has 2 aromatic heterocycles. The minimum atomic E-state index is -0.111. The lowest BCUT2D eigenvalue weighted by atomic mass is 10.4. The highest BCUT2D eigenvalue weighted by Crippen LogP contribution is 2.15. The fourth-order valence-corrected chi connectivity index (χ4v) is 2.05. The molecular formula is C10H13N5O. The van der Waals surface area contributed by atoms with Crippen LogP contribution >= 0.6 is 0 Å². The summed E-state index contributed by atoms with van der Waals surface area (Å²) in [4.78, 5) is 22.4. The summed E-state index contributed by atoms with van der Waals surface area (Å²) in [6.45, 7) is 3.78. The summed E-state index contributed by atoms with van der Waals surface area (Å²) < 4.78 is 1.39. The molecule has 1 aliphatic heterocycles. The van der Waals surface area contributed by atoms with E-state index in [1.807, 2.05) is 0 Å². The number of rotatable bonds is 1. The Labute approximate surface area is 91.9 Å². The Bertz CT molecular complexity index is 578. The van der Waals surface area contributed by atoms with Gasteiger partial charge in [-0.2, -0.15) is 9.50 Å². The zero-order valence-electron chi connectivity index (χ0n) is 9.10. The Morgan fingerprint density at radius 1 is 1.31 bits per heavy atom. The van der Waals surface area contributed by atoms with Crippen LogP contribution in [-0.4, -0.2) is 32.7 Å². The maximum atomic E-state index is 11.7. The van der Waals surface area contributed by atoms with Gasteiger partial charge in [0.15, 0.2) is 0 Å². The number of aryl methyl sites for hydroxylation is 1. The topological polar surface area (TPSA) is 66.3 Å². The molecule has 0 radical (unpaired) electrons. The molecule has 0 atom stereocenters. The van der Waals surface area contributed by atoms with Crippen LogP contribution in [0.15, 0.2) is 10.9 Å². The van der Waals surface area contributed by atoms with Gasteiger partial charge in [-0.05, 0) is 19.8 Å². The van der Waals surface area contributed by atoms with Crippen molar-refractivity contribution in [2.75, 3.05) is 18.0 Å². The van der Waals surface area contributed by atoms with Gasteiger partial charge in [0, 0.05) is 24.8 Å². The summed E-state index contributed by atoms with van der Waals surface area (Å²) in [5.41, 5.74) is 0.588. The first-order chi connectivity index (χ1) is 7.74. The van der Waals surface area contributed by atoms with Gasteiger partial charge in [-0.1, -0.05) is 0 Å². The first-order valence-corrected chi connectivity index (χ1v) is 5.45. The Morgan fingerprint density at radius 2 is 2.06 bits per heavy atom. The molecular weight excluding hydrogens is 206 g/mol. The van der Waals surface area contributed by atoms with Crippen molar-refractivity contribution in [3.05, 3.63) is 22.1 Å². The van der Waals surface area contributed by atoms with E-state index in [1.165, 1.54) is 23.4 Å². The van der Waals surface area contributed by atoms with Crippen LogP contribution in [0.5, 0.6) is 0 Å². The number of aromatic nitrogens is 4. The van der Waals surface area contributed by atoms with Gasteiger partial charge in [0.05, 0.1) is 0 Å². The van der Waals surface area contributed by atoms with Crippen molar-refractivity contribution in [1.29, 1.82) is 0 Å². The zero-order valence-corrected chi connectivity index (χ0v) is 9.10. The van der Waals surface area contributed by atoms with E-state index >= 15 is 0 Å². The van der Waals surface area contributed by atoms with E-state index in [1.54, 1.807) is 6.92 Å². The summed E-state index contributed by atoms with van der Waals surface area (Å²) in [5, 5.41) is 2.99. The number of fused-ring (bicyclic) bond motifs is 1. The van der Waals surface area contributed by atoms with Gasteiger partial charge in [-0.3, -0.25) is 9.89 Å². The molecule has 3 heterocycles. The molecule has 6 nitrogen and oxygen atoms in total. The molecule has 0 unspecified atom stereocenters. The normalized spacial score (nSPS) is 16.2. The molecule has 0 aliphatic carbocycles. The molecule has 1 N–H and O–H groups in total. The summed E-state index contributed by atoms with van der Waals surface area (Å²) in [5.74, 6) is 1.19. The van der Waals surface area contributed by atoms with E-state index in [9.17, 15) is 4.79 Å². The van der Waals surface area contributed by atoms with Crippen molar-refractivity contribution in [3.63, 3.8) is 0 Å². The van der Waals surface area contributed by atoms with Crippen LogP contribution in [-0.2, 0) is 0 Å². The fourth-order valence-electron chi connectivity index (χ4n) is 2.05. The van der Waals surface area contributed by atoms with E-state index < -0.39 is 0 Å². The van der Waals surface area contributed by atoms with E-state index in [0.717, 1.165) is 19.0 Å². The van der Waals surface area contributed by atoms with Crippen LogP contribution in [0.1, 0.15) is 18.5 Å². The van der Waals surface area contributed by atoms with Crippen LogP contribution in [0.4, 0.5) is 5.95 Å². The highest BCUT2D eigenvalue weighted by molar-refractivity contribution is 5.39. The van der Waals surface area contributed by atoms with E-state index in [0.29, 0.717) is 11.5 Å². The molecule has 2 aromatic rings. The molecule has 6 heteroatoms. The molecule has 0 saturated carbocycles. The maximum absolute atomic E-state index is 11.7. The lowest BCUT2D eigenvalue weighted by molar-refractivity contribution is 0.850. The van der Waals surface area contributed by atoms with Gasteiger partial charge in [-0.25, -0.2) is 4.98 Å². The summed E-state index contributed by atoms with van der Waals surface area (Å²) in [7, 11) is 0. The minimum absolute atomic E-state index is 0.111. The van der Waals surface area contributed by atoms with Gasteiger partial charge in [0.2, 0.25) is 5.95 Å². The molecule has 1 saturated heterocycles. The van der Waals surface area contributed by atoms with E-state index in [2.05, 4.69) is 20.0 Å². The highest BCUT2D eigenvalue weighted by Gasteiger charge is 2.16. The van der Waals surface area contributed by atoms with Crippen molar-refractivity contribution in [2.45, 2.75) is 19.8 Å².